The molecule has 0 fully saturated rings. The maximum Gasteiger partial charge on any atom is 0.277 e. The number of nitro groups is 1. The third-order valence-corrected chi connectivity index (χ3v) is 4.46. The average molecular weight is 402 g/mol. The number of thioether (sulfide) groups is 1. The molecule has 3 rings (SSSR count). The first-order valence-corrected chi connectivity index (χ1v) is 9.09. The van der Waals surface area contributed by atoms with E-state index in [9.17, 15) is 19.3 Å². The van der Waals surface area contributed by atoms with Gasteiger partial charge in [-0.3, -0.25) is 14.9 Å². The quantitative estimate of drug-likeness (QED) is 0.375. The number of amides is 1. The molecule has 0 aliphatic rings. The van der Waals surface area contributed by atoms with Crippen LogP contribution in [-0.4, -0.2) is 26.8 Å². The van der Waals surface area contributed by atoms with Crippen LogP contribution in [0.25, 0.3) is 11.5 Å². The van der Waals surface area contributed by atoms with Crippen molar-refractivity contribution in [1.29, 1.82) is 0 Å². The average Bonchev–Trinajstić information content (AvgIpc) is 3.10. The normalized spacial score (nSPS) is 10.7. The van der Waals surface area contributed by atoms with Gasteiger partial charge >= 0.3 is 0 Å². The number of carbonyl (C=O) groups is 1. The molecular formula is C18H15FN4O4S. The van der Waals surface area contributed by atoms with E-state index in [-0.39, 0.29) is 22.4 Å². The van der Waals surface area contributed by atoms with E-state index < -0.39 is 16.6 Å². The first-order valence-electron chi connectivity index (χ1n) is 8.10. The number of rotatable bonds is 6. The van der Waals surface area contributed by atoms with Crippen molar-refractivity contribution in [3.8, 4) is 11.5 Å². The van der Waals surface area contributed by atoms with Gasteiger partial charge < -0.3 is 9.73 Å². The van der Waals surface area contributed by atoms with E-state index in [0.717, 1.165) is 46.7 Å². The summed E-state index contributed by atoms with van der Waals surface area (Å²) in [4.78, 5) is 22.1. The predicted molar refractivity (Wildman–Crippen MR) is 102 cm³/mol. The highest BCUT2D eigenvalue weighted by Crippen LogP contribution is 2.26. The first kappa shape index (κ1) is 19.5. The first-order chi connectivity index (χ1) is 13.3. The van der Waals surface area contributed by atoms with Crippen molar-refractivity contribution in [3.63, 3.8) is 0 Å². The number of nitrogens with zero attached hydrogens (tertiary/aromatic N) is 3. The van der Waals surface area contributed by atoms with Gasteiger partial charge in [-0.15, -0.1) is 10.2 Å². The topological polar surface area (TPSA) is 111 Å². The summed E-state index contributed by atoms with van der Waals surface area (Å²) in [5, 5.41) is 21.1. The zero-order valence-electron chi connectivity index (χ0n) is 14.9. The number of nitro benzene ring substituents is 1. The van der Waals surface area contributed by atoms with Crippen LogP contribution >= 0.6 is 11.8 Å². The van der Waals surface area contributed by atoms with Crippen LogP contribution < -0.4 is 5.32 Å². The largest absolute Gasteiger partial charge is 0.411 e. The number of hydrogen-bond donors (Lipinski definition) is 1. The van der Waals surface area contributed by atoms with Crippen LogP contribution in [0, 0.1) is 29.8 Å². The number of anilines is 1. The molecular weight excluding hydrogens is 387 g/mol. The van der Waals surface area contributed by atoms with Gasteiger partial charge in [-0.25, -0.2) is 4.39 Å². The summed E-state index contributed by atoms with van der Waals surface area (Å²) in [7, 11) is 0. The van der Waals surface area contributed by atoms with E-state index in [1.165, 1.54) is 0 Å². The van der Waals surface area contributed by atoms with Gasteiger partial charge in [0.25, 0.3) is 10.9 Å². The van der Waals surface area contributed by atoms with E-state index in [4.69, 9.17) is 4.42 Å². The Balaban J connectivity index is 1.63. The van der Waals surface area contributed by atoms with E-state index in [0.29, 0.717) is 5.89 Å². The van der Waals surface area contributed by atoms with Gasteiger partial charge in [0.05, 0.1) is 16.4 Å². The van der Waals surface area contributed by atoms with Crippen molar-refractivity contribution in [2.75, 3.05) is 11.1 Å². The van der Waals surface area contributed by atoms with Gasteiger partial charge in [0.1, 0.15) is 5.82 Å². The molecule has 2 aromatic carbocycles. The summed E-state index contributed by atoms with van der Waals surface area (Å²) in [6, 6.07) is 8.75. The third kappa shape index (κ3) is 4.71. The molecule has 1 aromatic heterocycles. The Morgan fingerprint density at radius 3 is 2.61 bits per heavy atom. The minimum absolute atomic E-state index is 0.128. The molecule has 1 amide bonds. The maximum atomic E-state index is 13.7. The van der Waals surface area contributed by atoms with Gasteiger partial charge in [-0.05, 0) is 32.0 Å². The smallest absolute Gasteiger partial charge is 0.277 e. The molecule has 0 bridgehead atoms. The number of benzene rings is 2. The van der Waals surface area contributed by atoms with Gasteiger partial charge in [0, 0.05) is 17.7 Å². The van der Waals surface area contributed by atoms with Crippen molar-refractivity contribution in [2.24, 2.45) is 0 Å². The number of halogens is 1. The standard InChI is InChI=1S/C18H15FN4O4S/c1-10-5-11(2)7-12(6-10)17-21-22-18(27-17)28-9-16(24)20-15-8-13(23(25)26)3-4-14(15)19/h3-8H,9H2,1-2H3,(H,20,24). The van der Waals surface area contributed by atoms with Gasteiger partial charge in [-0.1, -0.05) is 29.0 Å². The fraction of sp³-hybridized carbons (Fsp3) is 0.167. The van der Waals surface area contributed by atoms with E-state index in [2.05, 4.69) is 15.5 Å². The van der Waals surface area contributed by atoms with Crippen LogP contribution in [0.4, 0.5) is 15.8 Å². The zero-order chi connectivity index (χ0) is 20.3. The molecule has 144 valence electrons. The fourth-order valence-electron chi connectivity index (χ4n) is 2.52. The molecule has 1 heterocycles. The molecule has 0 aliphatic heterocycles. The molecule has 0 radical (unpaired) electrons. The van der Waals surface area contributed by atoms with Crippen LogP contribution in [0.3, 0.4) is 0 Å². The van der Waals surface area contributed by atoms with Crippen molar-refractivity contribution in [3.05, 3.63) is 63.5 Å². The van der Waals surface area contributed by atoms with Crippen molar-refractivity contribution in [2.45, 2.75) is 19.1 Å². The number of aryl methyl sites for hydroxylation is 2. The van der Waals surface area contributed by atoms with Crippen LogP contribution in [0.2, 0.25) is 0 Å². The summed E-state index contributed by atoms with van der Waals surface area (Å²) in [6.07, 6.45) is 0. The monoisotopic (exact) mass is 402 g/mol. The minimum atomic E-state index is -0.765. The Morgan fingerprint density at radius 2 is 1.93 bits per heavy atom. The number of non-ortho nitro benzene ring substituents is 1. The molecule has 28 heavy (non-hydrogen) atoms. The Bertz CT molecular complexity index is 1030. The summed E-state index contributed by atoms with van der Waals surface area (Å²) in [5.74, 6) is -1.12. The van der Waals surface area contributed by atoms with Crippen LogP contribution in [0.5, 0.6) is 0 Å². The lowest BCUT2D eigenvalue weighted by atomic mass is 10.1. The lowest BCUT2D eigenvalue weighted by Gasteiger charge is -2.05. The second kappa shape index (κ2) is 8.17. The summed E-state index contributed by atoms with van der Waals surface area (Å²) < 4.78 is 19.3. The van der Waals surface area contributed by atoms with Crippen molar-refractivity contribution < 1.29 is 18.5 Å². The predicted octanol–water partition coefficient (Wildman–Crippen LogP) is 4.13. The van der Waals surface area contributed by atoms with Crippen LogP contribution in [0.1, 0.15) is 11.1 Å². The number of aromatic nitrogens is 2. The van der Waals surface area contributed by atoms with E-state index >= 15 is 0 Å². The Morgan fingerprint density at radius 1 is 1.21 bits per heavy atom. The molecule has 0 saturated heterocycles. The van der Waals surface area contributed by atoms with Crippen molar-refractivity contribution >= 4 is 29.0 Å². The van der Waals surface area contributed by atoms with Gasteiger partial charge in [0.15, 0.2) is 0 Å². The summed E-state index contributed by atoms with van der Waals surface area (Å²) in [6.45, 7) is 3.92. The number of carbonyl (C=O) groups excluding carboxylic acids is 1. The second-order valence-corrected chi connectivity index (χ2v) is 6.93. The molecule has 3 aromatic rings. The highest BCUT2D eigenvalue weighted by atomic mass is 32.2. The third-order valence-electron chi connectivity index (χ3n) is 3.64. The van der Waals surface area contributed by atoms with E-state index in [1.807, 2.05) is 32.0 Å². The van der Waals surface area contributed by atoms with Crippen LogP contribution in [-0.2, 0) is 4.79 Å². The Labute approximate surface area is 163 Å². The lowest BCUT2D eigenvalue weighted by molar-refractivity contribution is -0.384. The Kier molecular flexibility index (Phi) is 5.69. The van der Waals surface area contributed by atoms with Crippen molar-refractivity contribution in [1.82, 2.24) is 10.2 Å². The lowest BCUT2D eigenvalue weighted by Crippen LogP contribution is -2.15. The SMILES string of the molecule is Cc1cc(C)cc(-c2nnc(SCC(=O)Nc3cc([N+](=O)[O-])ccc3F)o2)c1. The zero-order valence-corrected chi connectivity index (χ0v) is 15.7. The number of nitrogens with one attached hydrogen (secondary N) is 1. The molecule has 1 N–H and O–H groups in total. The molecule has 0 aliphatic carbocycles. The Hall–Kier alpha value is -3.27. The fourth-order valence-corrected chi connectivity index (χ4v) is 3.08. The molecule has 0 saturated carbocycles. The minimum Gasteiger partial charge on any atom is -0.411 e. The maximum absolute atomic E-state index is 13.7. The summed E-state index contributed by atoms with van der Waals surface area (Å²) >= 11 is 0.979. The van der Waals surface area contributed by atoms with Gasteiger partial charge in [-0.2, -0.15) is 0 Å². The highest BCUT2D eigenvalue weighted by molar-refractivity contribution is 7.99. The molecule has 0 atom stereocenters. The molecule has 10 heteroatoms. The molecule has 8 nitrogen and oxygen atoms in total. The van der Waals surface area contributed by atoms with Gasteiger partial charge in [0.2, 0.25) is 11.8 Å². The number of hydrogen-bond acceptors (Lipinski definition) is 7. The molecule has 0 spiro atoms. The van der Waals surface area contributed by atoms with E-state index in [1.54, 1.807) is 0 Å². The second-order valence-electron chi connectivity index (χ2n) is 6.01. The summed E-state index contributed by atoms with van der Waals surface area (Å²) in [5.41, 5.74) is 2.31. The van der Waals surface area contributed by atoms with Crippen LogP contribution in [0.15, 0.2) is 46.0 Å². The molecule has 0 unspecified atom stereocenters. The highest BCUT2D eigenvalue weighted by Gasteiger charge is 2.15.